The Bertz CT molecular complexity index is 1260. The van der Waals surface area contributed by atoms with Crippen molar-refractivity contribution in [3.63, 3.8) is 0 Å². The zero-order chi connectivity index (χ0) is 27.2. The number of rotatable bonds is 10. The zero-order valence-corrected chi connectivity index (χ0v) is 21.9. The standard InChI is InChI=1S/C27H30ClFN4O4/c1-5-27(3,4)31-26(36)25(20-8-6-7-9-21(20)28)33(19-12-10-18(29)11-13-19)24(35)15-14-23(34)30-22-16-17(2)37-32-22/h6-13,16,25H,5,14-15H2,1-4H3,(H,31,36)(H,30,32,34). The SMILES string of the molecule is CCC(C)(C)NC(=O)C(c1ccccc1Cl)N(C(=O)CCC(=O)Nc1cc(C)on1)c1ccc(F)cc1. The normalized spacial score (nSPS) is 12.1. The summed E-state index contributed by atoms with van der Waals surface area (Å²) in [5.41, 5.74) is 0.117. The smallest absolute Gasteiger partial charge is 0.248 e. The van der Waals surface area contributed by atoms with Crippen molar-refractivity contribution in [1.29, 1.82) is 0 Å². The molecular formula is C27H30ClFN4O4. The summed E-state index contributed by atoms with van der Waals surface area (Å²) in [4.78, 5) is 41.1. The molecular weight excluding hydrogens is 499 g/mol. The van der Waals surface area contributed by atoms with Gasteiger partial charge in [-0.2, -0.15) is 0 Å². The van der Waals surface area contributed by atoms with E-state index in [2.05, 4.69) is 15.8 Å². The van der Waals surface area contributed by atoms with Crippen molar-refractivity contribution in [2.75, 3.05) is 10.2 Å². The number of carbonyl (C=O) groups is 3. The van der Waals surface area contributed by atoms with Gasteiger partial charge in [0.1, 0.15) is 17.6 Å². The van der Waals surface area contributed by atoms with Crippen LogP contribution in [-0.2, 0) is 14.4 Å². The van der Waals surface area contributed by atoms with E-state index in [0.29, 0.717) is 17.7 Å². The predicted molar refractivity (Wildman–Crippen MR) is 140 cm³/mol. The molecule has 3 aromatic rings. The number of carbonyl (C=O) groups excluding carboxylic acids is 3. The molecule has 0 saturated carbocycles. The first-order chi connectivity index (χ1) is 17.5. The highest BCUT2D eigenvalue weighted by Crippen LogP contribution is 2.33. The Morgan fingerprint density at radius 1 is 1.11 bits per heavy atom. The van der Waals surface area contributed by atoms with Crippen LogP contribution in [0.5, 0.6) is 0 Å². The highest BCUT2D eigenvalue weighted by Gasteiger charge is 2.36. The quantitative estimate of drug-likeness (QED) is 0.358. The topological polar surface area (TPSA) is 105 Å². The van der Waals surface area contributed by atoms with E-state index in [1.807, 2.05) is 20.8 Å². The molecule has 1 aromatic heterocycles. The van der Waals surface area contributed by atoms with Gasteiger partial charge in [-0.15, -0.1) is 0 Å². The largest absolute Gasteiger partial charge is 0.360 e. The first-order valence-electron chi connectivity index (χ1n) is 11.9. The third-order valence-electron chi connectivity index (χ3n) is 5.89. The molecule has 2 aromatic carbocycles. The Kier molecular flexibility index (Phi) is 9.04. The maximum atomic E-state index is 13.8. The van der Waals surface area contributed by atoms with Crippen LogP contribution in [0.1, 0.15) is 57.4 Å². The zero-order valence-electron chi connectivity index (χ0n) is 21.2. The average molecular weight is 529 g/mol. The van der Waals surface area contributed by atoms with Gasteiger partial charge in [-0.25, -0.2) is 4.39 Å². The van der Waals surface area contributed by atoms with E-state index in [1.54, 1.807) is 37.3 Å². The Hall–Kier alpha value is -3.72. The van der Waals surface area contributed by atoms with Crippen LogP contribution < -0.4 is 15.5 Å². The van der Waals surface area contributed by atoms with Gasteiger partial charge in [-0.3, -0.25) is 19.3 Å². The van der Waals surface area contributed by atoms with E-state index in [4.69, 9.17) is 16.1 Å². The van der Waals surface area contributed by atoms with Gasteiger partial charge in [-0.05, 0) is 57.5 Å². The summed E-state index contributed by atoms with van der Waals surface area (Å²) in [6, 6.07) is 12.3. The van der Waals surface area contributed by atoms with Crippen LogP contribution in [0.15, 0.2) is 59.1 Å². The number of aryl methyl sites for hydroxylation is 1. The van der Waals surface area contributed by atoms with E-state index >= 15 is 0 Å². The van der Waals surface area contributed by atoms with Gasteiger partial charge < -0.3 is 15.2 Å². The van der Waals surface area contributed by atoms with Gasteiger partial charge in [0.05, 0.1) is 0 Å². The van der Waals surface area contributed by atoms with Crippen LogP contribution in [-0.4, -0.2) is 28.4 Å². The number of benzene rings is 2. The number of anilines is 2. The fourth-order valence-corrected chi connectivity index (χ4v) is 3.83. The Balaban J connectivity index is 1.97. The minimum Gasteiger partial charge on any atom is -0.360 e. The predicted octanol–water partition coefficient (Wildman–Crippen LogP) is 5.57. The molecule has 3 rings (SSSR count). The summed E-state index contributed by atoms with van der Waals surface area (Å²) in [7, 11) is 0. The lowest BCUT2D eigenvalue weighted by molar-refractivity contribution is -0.128. The van der Waals surface area contributed by atoms with E-state index in [0.717, 1.165) is 0 Å². The number of nitrogens with zero attached hydrogens (tertiary/aromatic N) is 2. The van der Waals surface area contributed by atoms with Crippen molar-refractivity contribution < 1.29 is 23.3 Å². The monoisotopic (exact) mass is 528 g/mol. The molecule has 1 heterocycles. The lowest BCUT2D eigenvalue weighted by Gasteiger charge is -2.35. The second-order valence-electron chi connectivity index (χ2n) is 9.26. The van der Waals surface area contributed by atoms with Gasteiger partial charge in [0.15, 0.2) is 5.82 Å². The summed E-state index contributed by atoms with van der Waals surface area (Å²) in [6.07, 6.45) is 0.228. The molecule has 37 heavy (non-hydrogen) atoms. The molecule has 2 N–H and O–H groups in total. The maximum Gasteiger partial charge on any atom is 0.248 e. The molecule has 0 bridgehead atoms. The van der Waals surface area contributed by atoms with Crippen LogP contribution in [0.4, 0.5) is 15.9 Å². The molecule has 0 fully saturated rings. The number of aromatic nitrogens is 1. The fourth-order valence-electron chi connectivity index (χ4n) is 3.60. The number of halogens is 2. The van der Waals surface area contributed by atoms with Crippen molar-refractivity contribution in [2.24, 2.45) is 0 Å². The van der Waals surface area contributed by atoms with E-state index in [1.165, 1.54) is 29.2 Å². The van der Waals surface area contributed by atoms with Crippen LogP contribution in [0.25, 0.3) is 0 Å². The molecule has 8 nitrogen and oxygen atoms in total. The second-order valence-corrected chi connectivity index (χ2v) is 9.67. The first kappa shape index (κ1) is 27.9. The molecule has 196 valence electrons. The van der Waals surface area contributed by atoms with Gasteiger partial charge in [0, 0.05) is 40.7 Å². The molecule has 10 heteroatoms. The van der Waals surface area contributed by atoms with E-state index < -0.39 is 35.1 Å². The van der Waals surface area contributed by atoms with Crippen molar-refractivity contribution in [1.82, 2.24) is 10.5 Å². The van der Waals surface area contributed by atoms with Crippen LogP contribution in [0, 0.1) is 12.7 Å². The van der Waals surface area contributed by atoms with Crippen molar-refractivity contribution in [3.05, 3.63) is 76.8 Å². The number of nitrogens with one attached hydrogen (secondary N) is 2. The average Bonchev–Trinajstić information content (AvgIpc) is 3.26. The molecule has 0 aliphatic heterocycles. The van der Waals surface area contributed by atoms with Crippen LogP contribution in [0.2, 0.25) is 5.02 Å². The number of amides is 3. The molecule has 0 aliphatic rings. The minimum atomic E-state index is -1.17. The molecule has 0 aliphatic carbocycles. The second kappa shape index (κ2) is 12.0. The van der Waals surface area contributed by atoms with E-state index in [9.17, 15) is 18.8 Å². The highest BCUT2D eigenvalue weighted by atomic mass is 35.5. The molecule has 0 saturated heterocycles. The lowest BCUT2D eigenvalue weighted by atomic mass is 9.98. The maximum absolute atomic E-state index is 13.8. The summed E-state index contributed by atoms with van der Waals surface area (Å²) in [6.45, 7) is 7.36. The van der Waals surface area contributed by atoms with Gasteiger partial charge in [0.2, 0.25) is 17.7 Å². The summed E-state index contributed by atoms with van der Waals surface area (Å²) in [5, 5.41) is 9.56. The minimum absolute atomic E-state index is 0.181. The summed E-state index contributed by atoms with van der Waals surface area (Å²) < 4.78 is 18.7. The van der Waals surface area contributed by atoms with Gasteiger partial charge in [-0.1, -0.05) is 41.9 Å². The fraction of sp³-hybridized carbons (Fsp3) is 0.333. The molecule has 0 spiro atoms. The Morgan fingerprint density at radius 2 is 1.78 bits per heavy atom. The Morgan fingerprint density at radius 3 is 2.38 bits per heavy atom. The summed E-state index contributed by atoms with van der Waals surface area (Å²) in [5.74, 6) is -1.17. The van der Waals surface area contributed by atoms with E-state index in [-0.39, 0.29) is 29.4 Å². The molecule has 0 radical (unpaired) electrons. The number of hydrogen-bond acceptors (Lipinski definition) is 5. The van der Waals surface area contributed by atoms with Gasteiger partial charge >= 0.3 is 0 Å². The van der Waals surface area contributed by atoms with Crippen LogP contribution in [0.3, 0.4) is 0 Å². The third kappa shape index (κ3) is 7.39. The number of hydrogen-bond donors (Lipinski definition) is 2. The van der Waals surface area contributed by atoms with Crippen molar-refractivity contribution in [2.45, 2.75) is 58.5 Å². The van der Waals surface area contributed by atoms with Crippen LogP contribution >= 0.6 is 11.6 Å². The van der Waals surface area contributed by atoms with Crippen molar-refractivity contribution >= 4 is 40.8 Å². The first-order valence-corrected chi connectivity index (χ1v) is 12.3. The Labute approximate surface area is 220 Å². The van der Waals surface area contributed by atoms with Gasteiger partial charge in [0.25, 0.3) is 0 Å². The molecule has 3 amide bonds. The lowest BCUT2D eigenvalue weighted by Crippen LogP contribution is -2.50. The molecule has 1 unspecified atom stereocenters. The third-order valence-corrected chi connectivity index (χ3v) is 6.23. The van der Waals surface area contributed by atoms with Crippen molar-refractivity contribution in [3.8, 4) is 0 Å². The highest BCUT2D eigenvalue weighted by molar-refractivity contribution is 6.31. The molecule has 1 atom stereocenters. The summed E-state index contributed by atoms with van der Waals surface area (Å²) >= 11 is 6.49.